The van der Waals surface area contributed by atoms with Gasteiger partial charge in [-0.25, -0.2) is 0 Å². The summed E-state index contributed by atoms with van der Waals surface area (Å²) >= 11 is 0. The zero-order valence-corrected chi connectivity index (χ0v) is 11.5. The Hall–Kier alpha value is -1.55. The predicted octanol–water partition coefficient (Wildman–Crippen LogP) is 1.70. The minimum Gasteiger partial charge on any atom is -0.389 e. The van der Waals surface area contributed by atoms with Crippen LogP contribution in [0.25, 0.3) is 0 Å². The number of nitrogens with zero attached hydrogens (tertiary/aromatic N) is 1. The van der Waals surface area contributed by atoms with E-state index in [-0.39, 0.29) is 11.9 Å². The van der Waals surface area contributed by atoms with Gasteiger partial charge in [-0.3, -0.25) is 4.79 Å². The van der Waals surface area contributed by atoms with Crippen LogP contribution >= 0.6 is 0 Å². The number of aliphatic hydroxyl groups is 1. The molecule has 0 heterocycles. The fourth-order valence-corrected chi connectivity index (χ4v) is 1.68. The van der Waals surface area contributed by atoms with Crippen molar-refractivity contribution in [3.8, 4) is 0 Å². The third-order valence-corrected chi connectivity index (χ3v) is 2.65. The molecule has 0 aromatic heterocycles. The van der Waals surface area contributed by atoms with Crippen molar-refractivity contribution in [2.45, 2.75) is 32.9 Å². The molecule has 1 rings (SSSR count). The van der Waals surface area contributed by atoms with Crippen molar-refractivity contribution >= 4 is 11.6 Å². The Morgan fingerprint density at radius 3 is 2.28 bits per heavy atom. The van der Waals surface area contributed by atoms with Gasteiger partial charge in [0.2, 0.25) is 5.91 Å². The first kappa shape index (κ1) is 14.5. The van der Waals surface area contributed by atoms with Crippen LogP contribution in [0.1, 0.15) is 32.4 Å². The van der Waals surface area contributed by atoms with Crippen LogP contribution in [0.4, 0.5) is 5.69 Å². The van der Waals surface area contributed by atoms with Crippen LogP contribution < -0.4 is 10.2 Å². The van der Waals surface area contributed by atoms with Gasteiger partial charge in [0.25, 0.3) is 0 Å². The summed E-state index contributed by atoms with van der Waals surface area (Å²) in [6.07, 6.45) is -0.464. The van der Waals surface area contributed by atoms with Crippen LogP contribution in [-0.4, -0.2) is 30.6 Å². The number of likely N-dealkylation sites (N-methyl/N-ethyl adjacent to an activating group) is 1. The van der Waals surface area contributed by atoms with E-state index in [1.807, 2.05) is 50.1 Å². The fourth-order valence-electron chi connectivity index (χ4n) is 1.68. The molecule has 4 heteroatoms. The van der Waals surface area contributed by atoms with Crippen molar-refractivity contribution in [1.82, 2.24) is 5.32 Å². The largest absolute Gasteiger partial charge is 0.389 e. The number of hydrogen-bond donors (Lipinski definition) is 2. The summed E-state index contributed by atoms with van der Waals surface area (Å²) in [6, 6.07) is 7.71. The van der Waals surface area contributed by atoms with Crippen LogP contribution in [0.15, 0.2) is 24.3 Å². The zero-order valence-electron chi connectivity index (χ0n) is 11.5. The molecule has 100 valence electrons. The van der Waals surface area contributed by atoms with Gasteiger partial charge in [0, 0.05) is 18.8 Å². The monoisotopic (exact) mass is 250 g/mol. The van der Waals surface area contributed by atoms with Crippen molar-refractivity contribution < 1.29 is 9.90 Å². The molecule has 0 unspecified atom stereocenters. The summed E-state index contributed by atoms with van der Waals surface area (Å²) in [5.74, 6) is 0.00658. The second-order valence-electron chi connectivity index (χ2n) is 4.85. The fraction of sp³-hybridized carbons (Fsp3) is 0.500. The highest BCUT2D eigenvalue weighted by Crippen LogP contribution is 2.17. The zero-order chi connectivity index (χ0) is 13.7. The summed E-state index contributed by atoms with van der Waals surface area (Å²) in [4.78, 5) is 13.5. The van der Waals surface area contributed by atoms with E-state index in [2.05, 4.69) is 5.32 Å². The number of carbonyl (C=O) groups is 1. The van der Waals surface area contributed by atoms with E-state index < -0.39 is 6.10 Å². The summed E-state index contributed by atoms with van der Waals surface area (Å²) in [5, 5.41) is 12.3. The number of amides is 1. The molecule has 0 fully saturated rings. The first-order valence-electron chi connectivity index (χ1n) is 6.18. The van der Waals surface area contributed by atoms with Gasteiger partial charge < -0.3 is 15.3 Å². The third-order valence-electron chi connectivity index (χ3n) is 2.65. The van der Waals surface area contributed by atoms with E-state index in [0.717, 1.165) is 11.3 Å². The molecule has 0 aliphatic carbocycles. The SMILES string of the molecule is CC(C)NC(=O)CN(C)c1ccc([C@H](C)O)cc1. The number of anilines is 1. The van der Waals surface area contributed by atoms with Gasteiger partial charge in [-0.15, -0.1) is 0 Å². The van der Waals surface area contributed by atoms with E-state index in [1.54, 1.807) is 6.92 Å². The molecule has 0 aliphatic rings. The van der Waals surface area contributed by atoms with Gasteiger partial charge in [-0.05, 0) is 38.5 Å². The summed E-state index contributed by atoms with van der Waals surface area (Å²) in [7, 11) is 1.87. The Kier molecular flexibility index (Phi) is 5.16. The summed E-state index contributed by atoms with van der Waals surface area (Å²) < 4.78 is 0. The molecule has 0 aliphatic heterocycles. The lowest BCUT2D eigenvalue weighted by Crippen LogP contribution is -2.38. The van der Waals surface area contributed by atoms with Gasteiger partial charge in [-0.1, -0.05) is 12.1 Å². The quantitative estimate of drug-likeness (QED) is 0.836. The Bertz CT molecular complexity index is 385. The Morgan fingerprint density at radius 1 is 1.28 bits per heavy atom. The summed E-state index contributed by atoms with van der Waals surface area (Å²) in [6.45, 7) is 5.94. The van der Waals surface area contributed by atoms with Crippen molar-refractivity contribution in [3.63, 3.8) is 0 Å². The molecule has 1 aromatic carbocycles. The van der Waals surface area contributed by atoms with Crippen molar-refractivity contribution in [2.24, 2.45) is 0 Å². The van der Waals surface area contributed by atoms with Crippen LogP contribution in [-0.2, 0) is 4.79 Å². The minimum atomic E-state index is -0.464. The third kappa shape index (κ3) is 4.37. The number of carbonyl (C=O) groups excluding carboxylic acids is 1. The number of benzene rings is 1. The highest BCUT2D eigenvalue weighted by Gasteiger charge is 2.09. The molecule has 1 aromatic rings. The lowest BCUT2D eigenvalue weighted by atomic mass is 10.1. The van der Waals surface area contributed by atoms with E-state index in [4.69, 9.17) is 0 Å². The minimum absolute atomic E-state index is 0.00658. The summed E-state index contributed by atoms with van der Waals surface area (Å²) in [5.41, 5.74) is 1.83. The van der Waals surface area contributed by atoms with Gasteiger partial charge in [0.05, 0.1) is 12.6 Å². The molecular formula is C14H22N2O2. The lowest BCUT2D eigenvalue weighted by molar-refractivity contribution is -0.120. The number of rotatable bonds is 5. The lowest BCUT2D eigenvalue weighted by Gasteiger charge is -2.20. The number of aliphatic hydroxyl groups excluding tert-OH is 1. The standard InChI is InChI=1S/C14H22N2O2/c1-10(2)15-14(18)9-16(4)13-7-5-12(6-8-13)11(3)17/h5-8,10-11,17H,9H2,1-4H3,(H,15,18)/t11-/m0/s1. The Balaban J connectivity index is 2.61. The molecule has 2 N–H and O–H groups in total. The molecule has 0 spiro atoms. The van der Waals surface area contributed by atoms with Crippen LogP contribution in [0.2, 0.25) is 0 Å². The molecule has 0 saturated heterocycles. The molecule has 18 heavy (non-hydrogen) atoms. The number of nitrogens with one attached hydrogen (secondary N) is 1. The molecule has 4 nitrogen and oxygen atoms in total. The van der Waals surface area contributed by atoms with Gasteiger partial charge in [-0.2, -0.15) is 0 Å². The van der Waals surface area contributed by atoms with Crippen LogP contribution in [0.3, 0.4) is 0 Å². The van der Waals surface area contributed by atoms with Crippen LogP contribution in [0.5, 0.6) is 0 Å². The second kappa shape index (κ2) is 6.40. The van der Waals surface area contributed by atoms with E-state index in [1.165, 1.54) is 0 Å². The molecule has 0 saturated carbocycles. The average molecular weight is 250 g/mol. The number of hydrogen-bond acceptors (Lipinski definition) is 3. The Labute approximate surface area is 109 Å². The van der Waals surface area contributed by atoms with Crippen molar-refractivity contribution in [3.05, 3.63) is 29.8 Å². The molecule has 1 atom stereocenters. The van der Waals surface area contributed by atoms with E-state index >= 15 is 0 Å². The van der Waals surface area contributed by atoms with E-state index in [0.29, 0.717) is 6.54 Å². The molecule has 0 bridgehead atoms. The smallest absolute Gasteiger partial charge is 0.239 e. The van der Waals surface area contributed by atoms with Crippen molar-refractivity contribution in [2.75, 3.05) is 18.5 Å². The molecule has 1 amide bonds. The van der Waals surface area contributed by atoms with E-state index in [9.17, 15) is 9.90 Å². The molecule has 0 radical (unpaired) electrons. The maximum atomic E-state index is 11.6. The molecular weight excluding hydrogens is 228 g/mol. The highest BCUT2D eigenvalue weighted by atomic mass is 16.3. The van der Waals surface area contributed by atoms with Gasteiger partial charge >= 0.3 is 0 Å². The van der Waals surface area contributed by atoms with Gasteiger partial charge in [0.15, 0.2) is 0 Å². The first-order chi connectivity index (χ1) is 8.40. The van der Waals surface area contributed by atoms with Crippen LogP contribution in [0, 0.1) is 0 Å². The second-order valence-corrected chi connectivity index (χ2v) is 4.85. The first-order valence-corrected chi connectivity index (χ1v) is 6.18. The predicted molar refractivity (Wildman–Crippen MR) is 73.6 cm³/mol. The maximum absolute atomic E-state index is 11.6. The normalized spacial score (nSPS) is 12.3. The topological polar surface area (TPSA) is 52.6 Å². The van der Waals surface area contributed by atoms with Gasteiger partial charge in [0.1, 0.15) is 0 Å². The highest BCUT2D eigenvalue weighted by molar-refractivity contribution is 5.81. The average Bonchev–Trinajstić information content (AvgIpc) is 2.27. The maximum Gasteiger partial charge on any atom is 0.239 e. The van der Waals surface area contributed by atoms with Crippen molar-refractivity contribution in [1.29, 1.82) is 0 Å². The Morgan fingerprint density at radius 2 is 1.83 bits per heavy atom.